The highest BCUT2D eigenvalue weighted by molar-refractivity contribution is 5.80. The van der Waals surface area contributed by atoms with Crippen molar-refractivity contribution in [3.63, 3.8) is 0 Å². The summed E-state index contributed by atoms with van der Waals surface area (Å²) < 4.78 is 7.32. The van der Waals surface area contributed by atoms with Crippen LogP contribution in [0, 0.1) is 11.3 Å². The molecule has 100 valence electrons. The van der Waals surface area contributed by atoms with E-state index in [0.29, 0.717) is 11.5 Å². The van der Waals surface area contributed by atoms with Crippen molar-refractivity contribution in [3.05, 3.63) is 47.9 Å². The van der Waals surface area contributed by atoms with Gasteiger partial charge in [-0.15, -0.1) is 0 Å². The molecule has 0 spiro atoms. The van der Waals surface area contributed by atoms with Gasteiger partial charge in [-0.05, 0) is 37.3 Å². The normalized spacial score (nSPS) is 12.4. The molecule has 0 fully saturated rings. The van der Waals surface area contributed by atoms with Crippen molar-refractivity contribution in [2.75, 3.05) is 5.73 Å². The van der Waals surface area contributed by atoms with E-state index in [4.69, 9.17) is 15.4 Å². The summed E-state index contributed by atoms with van der Waals surface area (Å²) >= 11 is 0. The number of nitrogen functional groups attached to an aromatic ring is 1. The Balaban J connectivity index is 2.05. The first-order valence-corrected chi connectivity index (χ1v) is 6.39. The highest BCUT2D eigenvalue weighted by Gasteiger charge is 2.15. The molecule has 2 heterocycles. The molecular formula is C15H14N4O. The summed E-state index contributed by atoms with van der Waals surface area (Å²) in [5, 5.41) is 9.01. The van der Waals surface area contributed by atoms with Gasteiger partial charge in [-0.2, -0.15) is 5.26 Å². The second kappa shape index (κ2) is 4.74. The van der Waals surface area contributed by atoms with Gasteiger partial charge in [0.05, 0.1) is 28.9 Å². The molecule has 1 aromatic carbocycles. The Bertz CT molecular complexity index is 780. The number of rotatable bonds is 3. The van der Waals surface area contributed by atoms with Crippen molar-refractivity contribution >= 4 is 17.0 Å². The van der Waals surface area contributed by atoms with E-state index in [9.17, 15) is 0 Å². The lowest BCUT2D eigenvalue weighted by Crippen LogP contribution is -2.11. The lowest BCUT2D eigenvalue weighted by atomic mass is 10.1. The molecule has 2 aromatic heterocycles. The Kier molecular flexibility index (Phi) is 2.92. The first-order valence-electron chi connectivity index (χ1n) is 6.39. The Morgan fingerprint density at radius 1 is 1.45 bits per heavy atom. The SMILES string of the molecule is CC(Cc1ccco1)n1c(N)nc2ccc(C#N)cc21. The third-order valence-corrected chi connectivity index (χ3v) is 3.36. The summed E-state index contributed by atoms with van der Waals surface area (Å²) in [5.74, 6) is 1.35. The second-order valence-electron chi connectivity index (χ2n) is 4.79. The summed E-state index contributed by atoms with van der Waals surface area (Å²) in [6.45, 7) is 2.05. The fraction of sp³-hybridized carbons (Fsp3) is 0.200. The van der Waals surface area contributed by atoms with Crippen molar-refractivity contribution in [1.29, 1.82) is 5.26 Å². The minimum absolute atomic E-state index is 0.0973. The summed E-state index contributed by atoms with van der Waals surface area (Å²) in [6.07, 6.45) is 2.38. The number of anilines is 1. The fourth-order valence-corrected chi connectivity index (χ4v) is 2.46. The topological polar surface area (TPSA) is 80.8 Å². The molecule has 1 atom stereocenters. The van der Waals surface area contributed by atoms with Gasteiger partial charge in [-0.25, -0.2) is 4.98 Å². The third kappa shape index (κ3) is 2.01. The molecule has 1 unspecified atom stereocenters. The molecular weight excluding hydrogens is 252 g/mol. The van der Waals surface area contributed by atoms with Crippen molar-refractivity contribution in [2.45, 2.75) is 19.4 Å². The molecule has 5 nitrogen and oxygen atoms in total. The third-order valence-electron chi connectivity index (χ3n) is 3.36. The van der Waals surface area contributed by atoms with Crippen LogP contribution >= 0.6 is 0 Å². The molecule has 0 aliphatic rings. The van der Waals surface area contributed by atoms with E-state index in [0.717, 1.165) is 23.2 Å². The van der Waals surface area contributed by atoms with Gasteiger partial charge in [0.15, 0.2) is 0 Å². The predicted molar refractivity (Wildman–Crippen MR) is 76.0 cm³/mol. The van der Waals surface area contributed by atoms with E-state index >= 15 is 0 Å². The highest BCUT2D eigenvalue weighted by atomic mass is 16.3. The van der Waals surface area contributed by atoms with Gasteiger partial charge in [0.2, 0.25) is 5.95 Å². The molecule has 0 saturated carbocycles. The van der Waals surface area contributed by atoms with Crippen LogP contribution < -0.4 is 5.73 Å². The van der Waals surface area contributed by atoms with Gasteiger partial charge >= 0.3 is 0 Å². The van der Waals surface area contributed by atoms with E-state index in [-0.39, 0.29) is 6.04 Å². The van der Waals surface area contributed by atoms with Crippen LogP contribution in [0.1, 0.15) is 24.3 Å². The maximum Gasteiger partial charge on any atom is 0.201 e. The fourth-order valence-electron chi connectivity index (χ4n) is 2.46. The van der Waals surface area contributed by atoms with Crippen LogP contribution in [0.15, 0.2) is 41.0 Å². The average Bonchev–Trinajstić information content (AvgIpc) is 3.04. The number of hydrogen-bond donors (Lipinski definition) is 1. The van der Waals surface area contributed by atoms with Gasteiger partial charge in [-0.3, -0.25) is 0 Å². The number of furan rings is 1. The molecule has 0 aliphatic heterocycles. The lowest BCUT2D eigenvalue weighted by Gasteiger charge is -2.14. The number of nitrogens with two attached hydrogens (primary N) is 1. The standard InChI is InChI=1S/C15H14N4O/c1-10(7-12-3-2-6-20-12)19-14-8-11(9-16)4-5-13(14)18-15(19)17/h2-6,8,10H,7H2,1H3,(H2,17,18). The Morgan fingerprint density at radius 3 is 3.00 bits per heavy atom. The van der Waals surface area contributed by atoms with Crippen LogP contribution in [-0.4, -0.2) is 9.55 Å². The van der Waals surface area contributed by atoms with Gasteiger partial charge in [0.1, 0.15) is 5.76 Å². The maximum absolute atomic E-state index is 9.01. The Hall–Kier alpha value is -2.74. The van der Waals surface area contributed by atoms with Crippen LogP contribution in [0.4, 0.5) is 5.95 Å². The number of aromatic nitrogens is 2. The number of benzene rings is 1. The summed E-state index contributed by atoms with van der Waals surface area (Å²) in [5.41, 5.74) is 8.29. The van der Waals surface area contributed by atoms with Crippen LogP contribution in [0.25, 0.3) is 11.0 Å². The van der Waals surface area contributed by atoms with E-state index in [1.54, 1.807) is 12.3 Å². The second-order valence-corrected chi connectivity index (χ2v) is 4.79. The largest absolute Gasteiger partial charge is 0.469 e. The van der Waals surface area contributed by atoms with Crippen molar-refractivity contribution in [1.82, 2.24) is 9.55 Å². The van der Waals surface area contributed by atoms with Gasteiger partial charge in [0, 0.05) is 12.5 Å². The minimum Gasteiger partial charge on any atom is -0.469 e. The minimum atomic E-state index is 0.0973. The smallest absolute Gasteiger partial charge is 0.201 e. The number of nitriles is 1. The summed E-state index contributed by atoms with van der Waals surface area (Å²) in [6, 6.07) is 11.4. The maximum atomic E-state index is 9.01. The number of nitrogens with zero attached hydrogens (tertiary/aromatic N) is 3. The Labute approximate surface area is 116 Å². The molecule has 3 aromatic rings. The molecule has 0 bridgehead atoms. The molecule has 0 amide bonds. The van der Waals surface area contributed by atoms with E-state index in [2.05, 4.69) is 18.0 Å². The molecule has 3 rings (SSSR count). The van der Waals surface area contributed by atoms with E-state index < -0.39 is 0 Å². The lowest BCUT2D eigenvalue weighted by molar-refractivity contribution is 0.456. The van der Waals surface area contributed by atoms with E-state index in [1.807, 2.05) is 28.8 Å². The quantitative estimate of drug-likeness (QED) is 0.790. The van der Waals surface area contributed by atoms with Crippen molar-refractivity contribution in [3.8, 4) is 6.07 Å². The zero-order valence-electron chi connectivity index (χ0n) is 11.1. The van der Waals surface area contributed by atoms with Gasteiger partial charge in [-0.1, -0.05) is 0 Å². The molecule has 0 saturated heterocycles. The first-order chi connectivity index (χ1) is 9.69. The number of hydrogen-bond acceptors (Lipinski definition) is 4. The zero-order chi connectivity index (χ0) is 14.1. The van der Waals surface area contributed by atoms with Crippen molar-refractivity contribution < 1.29 is 4.42 Å². The Morgan fingerprint density at radius 2 is 2.30 bits per heavy atom. The zero-order valence-corrected chi connectivity index (χ0v) is 11.1. The average molecular weight is 266 g/mol. The molecule has 2 N–H and O–H groups in total. The molecule has 5 heteroatoms. The van der Waals surface area contributed by atoms with E-state index in [1.165, 1.54) is 0 Å². The summed E-state index contributed by atoms with van der Waals surface area (Å²) in [4.78, 5) is 4.34. The van der Waals surface area contributed by atoms with Crippen molar-refractivity contribution in [2.24, 2.45) is 0 Å². The highest BCUT2D eigenvalue weighted by Crippen LogP contribution is 2.25. The van der Waals surface area contributed by atoms with Crippen LogP contribution in [-0.2, 0) is 6.42 Å². The van der Waals surface area contributed by atoms with Crippen LogP contribution in [0.3, 0.4) is 0 Å². The monoisotopic (exact) mass is 266 g/mol. The molecule has 0 radical (unpaired) electrons. The van der Waals surface area contributed by atoms with Crippen LogP contribution in [0.5, 0.6) is 0 Å². The molecule has 20 heavy (non-hydrogen) atoms. The van der Waals surface area contributed by atoms with Gasteiger partial charge in [0.25, 0.3) is 0 Å². The number of imidazole rings is 1. The predicted octanol–water partition coefficient (Wildman–Crippen LogP) is 2.89. The van der Waals surface area contributed by atoms with Gasteiger partial charge < -0.3 is 14.7 Å². The molecule has 0 aliphatic carbocycles. The number of fused-ring (bicyclic) bond motifs is 1. The first kappa shape index (κ1) is 12.3. The van der Waals surface area contributed by atoms with Crippen LogP contribution in [0.2, 0.25) is 0 Å². The summed E-state index contributed by atoms with van der Waals surface area (Å²) in [7, 11) is 0.